The number of phenols is 1. The van der Waals surface area contributed by atoms with Crippen LogP contribution in [0.4, 0.5) is 5.69 Å². The third-order valence-corrected chi connectivity index (χ3v) is 7.40. The quantitative estimate of drug-likeness (QED) is 0.182. The molecule has 37 heavy (non-hydrogen) atoms. The minimum atomic E-state index is -0.852. The Morgan fingerprint density at radius 1 is 1.30 bits per heavy atom. The van der Waals surface area contributed by atoms with E-state index in [9.17, 15) is 24.8 Å². The van der Waals surface area contributed by atoms with Gasteiger partial charge in [-0.3, -0.25) is 19.5 Å². The summed E-state index contributed by atoms with van der Waals surface area (Å²) in [6.45, 7) is 5.76. The number of phenolic OH excluding ortho intramolecular Hbond substituents is 1. The first-order chi connectivity index (χ1) is 17.7. The number of thiazole rings is 1. The highest BCUT2D eigenvalue weighted by Gasteiger charge is 2.35. The van der Waals surface area contributed by atoms with E-state index in [-0.39, 0.29) is 20.3 Å². The van der Waals surface area contributed by atoms with Gasteiger partial charge in [-0.2, -0.15) is 0 Å². The van der Waals surface area contributed by atoms with Gasteiger partial charge in [-0.1, -0.05) is 29.5 Å². The van der Waals surface area contributed by atoms with Crippen LogP contribution < -0.4 is 19.6 Å². The van der Waals surface area contributed by atoms with Crippen LogP contribution in [0.3, 0.4) is 0 Å². The smallest absolute Gasteiger partial charge is 0.338 e. The molecule has 3 aromatic rings. The van der Waals surface area contributed by atoms with Gasteiger partial charge < -0.3 is 14.6 Å². The average Bonchev–Trinajstić information content (AvgIpc) is 3.15. The van der Waals surface area contributed by atoms with Crippen molar-refractivity contribution in [1.29, 1.82) is 0 Å². The first-order valence-corrected chi connectivity index (χ1v) is 13.2. The number of nitro benzene ring substituents is 1. The number of benzene rings is 2. The van der Waals surface area contributed by atoms with Crippen LogP contribution in [0.1, 0.15) is 37.9 Å². The first-order valence-electron chi connectivity index (χ1n) is 11.3. The second-order valence-electron chi connectivity index (χ2n) is 7.90. The van der Waals surface area contributed by atoms with Crippen molar-refractivity contribution in [1.82, 2.24) is 4.57 Å². The maximum atomic E-state index is 13.8. The second-order valence-corrected chi connectivity index (χ2v) is 10.1. The van der Waals surface area contributed by atoms with Crippen molar-refractivity contribution < 1.29 is 24.3 Å². The van der Waals surface area contributed by atoms with Crippen LogP contribution in [0, 0.1) is 13.7 Å². The van der Waals surface area contributed by atoms with Crippen molar-refractivity contribution >= 4 is 51.7 Å². The third kappa shape index (κ3) is 5.03. The fourth-order valence-corrected chi connectivity index (χ4v) is 5.74. The number of aromatic hydroxyl groups is 1. The summed E-state index contributed by atoms with van der Waals surface area (Å²) in [5.74, 6) is -0.505. The van der Waals surface area contributed by atoms with Crippen LogP contribution in [0.15, 0.2) is 57.5 Å². The largest absolute Gasteiger partial charge is 0.501 e. The number of aromatic nitrogens is 1. The lowest BCUT2D eigenvalue weighted by Crippen LogP contribution is -2.40. The zero-order chi connectivity index (χ0) is 26.9. The molecule has 1 aliphatic heterocycles. The minimum Gasteiger partial charge on any atom is -0.501 e. The molecule has 2 aromatic carbocycles. The molecule has 0 spiro atoms. The lowest BCUT2D eigenvalue weighted by molar-refractivity contribution is -0.386. The molecule has 1 aliphatic rings. The number of rotatable bonds is 7. The summed E-state index contributed by atoms with van der Waals surface area (Å²) in [5, 5.41) is 21.4. The number of nitrogens with zero attached hydrogens (tertiary/aromatic N) is 3. The normalized spacial score (nSPS) is 15.2. The molecule has 192 valence electrons. The Morgan fingerprint density at radius 2 is 2.03 bits per heavy atom. The van der Waals surface area contributed by atoms with Gasteiger partial charge in [-0.15, -0.1) is 0 Å². The predicted molar refractivity (Wildman–Crippen MR) is 145 cm³/mol. The summed E-state index contributed by atoms with van der Waals surface area (Å²) < 4.78 is 13.1. The maximum absolute atomic E-state index is 13.8. The summed E-state index contributed by atoms with van der Waals surface area (Å²) >= 11 is 2.89. The van der Waals surface area contributed by atoms with E-state index in [1.54, 1.807) is 60.7 Å². The number of halogens is 1. The monoisotopic (exact) mass is 635 g/mol. The molecule has 1 atom stereocenters. The Morgan fingerprint density at radius 3 is 2.70 bits per heavy atom. The molecular formula is C25H22IN3O7S. The van der Waals surface area contributed by atoms with Crippen LogP contribution in [0.5, 0.6) is 11.5 Å². The number of ether oxygens (including phenoxy) is 2. The van der Waals surface area contributed by atoms with E-state index in [1.807, 2.05) is 6.92 Å². The summed E-state index contributed by atoms with van der Waals surface area (Å²) in [6.07, 6.45) is 1.51. The van der Waals surface area contributed by atoms with Crippen molar-refractivity contribution in [3.05, 3.63) is 92.2 Å². The number of fused-ring (bicyclic) bond motifs is 1. The van der Waals surface area contributed by atoms with Gasteiger partial charge in [0.05, 0.1) is 37.5 Å². The Balaban J connectivity index is 1.99. The highest BCUT2D eigenvalue weighted by Crippen LogP contribution is 2.36. The Hall–Kier alpha value is -3.52. The van der Waals surface area contributed by atoms with E-state index in [4.69, 9.17) is 9.47 Å². The summed E-state index contributed by atoms with van der Waals surface area (Å²) in [5.41, 5.74) is 0.714. The van der Waals surface area contributed by atoms with Crippen LogP contribution in [0.2, 0.25) is 0 Å². The Kier molecular flexibility index (Phi) is 7.78. The van der Waals surface area contributed by atoms with Crippen molar-refractivity contribution in [2.45, 2.75) is 26.8 Å². The molecule has 10 nitrogen and oxygen atoms in total. The topological polar surface area (TPSA) is 133 Å². The number of nitro groups is 1. The van der Waals surface area contributed by atoms with Crippen LogP contribution in [-0.2, 0) is 9.53 Å². The molecule has 2 heterocycles. The molecule has 0 amide bonds. The van der Waals surface area contributed by atoms with Gasteiger partial charge in [0.15, 0.2) is 4.80 Å². The molecule has 0 bridgehead atoms. The molecule has 0 unspecified atom stereocenters. The van der Waals surface area contributed by atoms with Gasteiger partial charge in [0.25, 0.3) is 5.56 Å². The van der Waals surface area contributed by atoms with Crippen molar-refractivity contribution in [2.24, 2.45) is 4.99 Å². The maximum Gasteiger partial charge on any atom is 0.338 e. The van der Waals surface area contributed by atoms with Crippen molar-refractivity contribution in [2.75, 3.05) is 13.2 Å². The fourth-order valence-electron chi connectivity index (χ4n) is 4.06. The van der Waals surface area contributed by atoms with Gasteiger partial charge in [0.1, 0.15) is 11.8 Å². The lowest BCUT2D eigenvalue weighted by Gasteiger charge is -2.26. The van der Waals surface area contributed by atoms with Gasteiger partial charge in [0.2, 0.25) is 5.75 Å². The highest BCUT2D eigenvalue weighted by atomic mass is 127. The third-order valence-electron chi connectivity index (χ3n) is 5.59. The first kappa shape index (κ1) is 26.5. The van der Waals surface area contributed by atoms with Gasteiger partial charge in [-0.05, 0) is 67.1 Å². The summed E-state index contributed by atoms with van der Waals surface area (Å²) in [6, 6.07) is 9.04. The number of carbonyl (C=O) groups excluding carboxylic acids is 1. The Bertz CT molecular complexity index is 1620. The SMILES string of the molecule is CCOC(=O)C1=C(C)N=c2s/c(=C\c3cc(I)c(O)c([N+](=O)[O-])c3)c(=O)n2[C@@H]1c1ccccc1OCC. The minimum absolute atomic E-state index is 0.151. The van der Waals surface area contributed by atoms with Crippen LogP contribution in [0.25, 0.3) is 6.08 Å². The molecule has 1 aromatic heterocycles. The number of esters is 1. The zero-order valence-corrected chi connectivity index (χ0v) is 23.0. The summed E-state index contributed by atoms with van der Waals surface area (Å²) in [7, 11) is 0. The highest BCUT2D eigenvalue weighted by molar-refractivity contribution is 14.1. The molecule has 0 fully saturated rings. The number of carbonyl (C=O) groups is 1. The standard InChI is InChI=1S/C25H22IN3O7S/c1-4-35-18-9-7-6-8-15(18)21-20(24(32)36-5-2)13(3)27-25-28(21)23(31)19(37-25)12-14-10-16(26)22(30)17(11-14)29(33)34/h6-12,21,30H,4-5H2,1-3H3/b19-12-/t21-/m1/s1. The number of hydrogen-bond acceptors (Lipinski definition) is 9. The van der Waals surface area contributed by atoms with Gasteiger partial charge in [-0.25, -0.2) is 9.79 Å². The van der Waals surface area contributed by atoms with E-state index < -0.39 is 33.9 Å². The predicted octanol–water partition coefficient (Wildman–Crippen LogP) is 3.42. The van der Waals surface area contributed by atoms with E-state index in [2.05, 4.69) is 4.99 Å². The van der Waals surface area contributed by atoms with E-state index in [0.717, 1.165) is 11.3 Å². The molecule has 0 saturated carbocycles. The molecular weight excluding hydrogens is 613 g/mol. The van der Waals surface area contributed by atoms with Gasteiger partial charge in [0, 0.05) is 11.6 Å². The molecule has 12 heteroatoms. The summed E-state index contributed by atoms with van der Waals surface area (Å²) in [4.78, 5) is 42.4. The lowest BCUT2D eigenvalue weighted by atomic mass is 9.95. The number of allylic oxidation sites excluding steroid dienone is 1. The van der Waals surface area contributed by atoms with Crippen LogP contribution in [-0.4, -0.2) is 33.8 Å². The molecule has 0 saturated heterocycles. The second kappa shape index (κ2) is 10.8. The molecule has 0 aliphatic carbocycles. The van der Waals surface area contributed by atoms with E-state index in [1.165, 1.54) is 22.8 Å². The van der Waals surface area contributed by atoms with Crippen molar-refractivity contribution in [3.63, 3.8) is 0 Å². The Labute approximate surface area is 228 Å². The van der Waals surface area contributed by atoms with Gasteiger partial charge >= 0.3 is 11.7 Å². The molecule has 1 N–H and O–H groups in total. The number of para-hydroxylation sites is 1. The number of hydrogen-bond donors (Lipinski definition) is 1. The molecule has 0 radical (unpaired) electrons. The van der Waals surface area contributed by atoms with E-state index >= 15 is 0 Å². The van der Waals surface area contributed by atoms with E-state index in [0.29, 0.717) is 34.0 Å². The zero-order valence-electron chi connectivity index (χ0n) is 20.1. The molecule has 4 rings (SSSR count). The fraction of sp³-hybridized carbons (Fsp3) is 0.240. The van der Waals surface area contributed by atoms with Crippen molar-refractivity contribution in [3.8, 4) is 11.5 Å². The van der Waals surface area contributed by atoms with Crippen LogP contribution >= 0.6 is 33.9 Å². The average molecular weight is 635 g/mol.